The van der Waals surface area contributed by atoms with Gasteiger partial charge in [-0.3, -0.25) is 14.9 Å². The zero-order valence-electron chi connectivity index (χ0n) is 12.3. The molecule has 0 radical (unpaired) electrons. The van der Waals surface area contributed by atoms with Crippen molar-refractivity contribution in [2.75, 3.05) is 19.6 Å². The van der Waals surface area contributed by atoms with Crippen molar-refractivity contribution in [2.45, 2.75) is 25.8 Å². The van der Waals surface area contributed by atoms with E-state index >= 15 is 0 Å². The van der Waals surface area contributed by atoms with E-state index in [1.807, 2.05) is 0 Å². The summed E-state index contributed by atoms with van der Waals surface area (Å²) in [6.07, 6.45) is 2.79. The Hall–Kier alpha value is -1.66. The Kier molecular flexibility index (Phi) is 5.03. The Bertz CT molecular complexity index is 573. The van der Waals surface area contributed by atoms with E-state index in [-0.39, 0.29) is 34.3 Å². The highest BCUT2D eigenvalue weighted by Crippen LogP contribution is 2.38. The second-order valence-electron chi connectivity index (χ2n) is 5.92. The van der Waals surface area contributed by atoms with E-state index in [2.05, 4.69) is 5.32 Å². The molecular formula is C15H20ClN3O3. The predicted octanol–water partition coefficient (Wildman–Crippen LogP) is 2.12. The molecule has 2 aliphatic heterocycles. The summed E-state index contributed by atoms with van der Waals surface area (Å²) in [4.78, 5) is 25.1. The molecule has 2 saturated heterocycles. The van der Waals surface area contributed by atoms with Crippen LogP contribution in [0.4, 0.5) is 5.69 Å². The number of nitro benzene ring substituents is 1. The van der Waals surface area contributed by atoms with Crippen molar-refractivity contribution in [1.82, 2.24) is 10.2 Å². The standard InChI is InChI=1S/C15H19N3O3.ClH/c19-14-15(6-3-8-16-11-15)7-9-17(14)10-12-4-1-2-5-13(12)18(20)21;/h1-2,4-5,16H,3,6-11H2;1H. The third kappa shape index (κ3) is 2.94. The smallest absolute Gasteiger partial charge is 0.274 e. The molecule has 0 bridgehead atoms. The van der Waals surface area contributed by atoms with Crippen LogP contribution in [0.2, 0.25) is 0 Å². The normalized spacial score (nSPS) is 24.4. The summed E-state index contributed by atoms with van der Waals surface area (Å²) < 4.78 is 0. The minimum atomic E-state index is -0.381. The topological polar surface area (TPSA) is 75.5 Å². The number of nitrogens with one attached hydrogen (secondary N) is 1. The SMILES string of the molecule is Cl.O=C1N(Cc2ccccc2[N+](=O)[O-])CCC12CCCNC2. The number of piperidine rings is 1. The van der Waals surface area contributed by atoms with Gasteiger partial charge in [-0.2, -0.15) is 0 Å². The number of amides is 1. The van der Waals surface area contributed by atoms with E-state index in [4.69, 9.17) is 0 Å². The summed E-state index contributed by atoms with van der Waals surface area (Å²) in [5.41, 5.74) is 0.423. The van der Waals surface area contributed by atoms with Gasteiger partial charge in [0.1, 0.15) is 0 Å². The lowest BCUT2D eigenvalue weighted by molar-refractivity contribution is -0.385. The molecule has 1 aromatic rings. The molecular weight excluding hydrogens is 306 g/mol. The maximum atomic E-state index is 12.7. The summed E-state index contributed by atoms with van der Waals surface area (Å²) in [6.45, 7) is 2.72. The molecule has 6 nitrogen and oxygen atoms in total. The van der Waals surface area contributed by atoms with Crippen LogP contribution in [0.5, 0.6) is 0 Å². The van der Waals surface area contributed by atoms with Gasteiger partial charge in [-0.25, -0.2) is 0 Å². The third-order valence-corrected chi connectivity index (χ3v) is 4.62. The van der Waals surface area contributed by atoms with E-state index in [0.717, 1.165) is 32.4 Å². The van der Waals surface area contributed by atoms with Crippen molar-refractivity contribution in [3.05, 3.63) is 39.9 Å². The van der Waals surface area contributed by atoms with Crippen LogP contribution in [0.1, 0.15) is 24.8 Å². The molecule has 7 heteroatoms. The molecule has 2 aliphatic rings. The highest BCUT2D eigenvalue weighted by Gasteiger charge is 2.47. The van der Waals surface area contributed by atoms with E-state index < -0.39 is 0 Å². The molecule has 1 atom stereocenters. The van der Waals surface area contributed by atoms with Gasteiger partial charge in [0.2, 0.25) is 5.91 Å². The number of benzene rings is 1. The van der Waals surface area contributed by atoms with Gasteiger partial charge in [0.15, 0.2) is 0 Å². The first-order valence-electron chi connectivity index (χ1n) is 7.35. The molecule has 1 amide bonds. The number of halogens is 1. The third-order valence-electron chi connectivity index (χ3n) is 4.62. The lowest BCUT2D eigenvalue weighted by atomic mass is 9.79. The van der Waals surface area contributed by atoms with Gasteiger partial charge >= 0.3 is 0 Å². The summed E-state index contributed by atoms with van der Waals surface area (Å²) >= 11 is 0. The number of nitrogens with zero attached hydrogens (tertiary/aromatic N) is 2. The average molecular weight is 326 g/mol. The van der Waals surface area contributed by atoms with Crippen molar-refractivity contribution in [3.63, 3.8) is 0 Å². The molecule has 22 heavy (non-hydrogen) atoms. The monoisotopic (exact) mass is 325 g/mol. The molecule has 2 fully saturated rings. The van der Waals surface area contributed by atoms with Gasteiger partial charge < -0.3 is 10.2 Å². The predicted molar refractivity (Wildman–Crippen MR) is 84.9 cm³/mol. The Morgan fingerprint density at radius 3 is 2.77 bits per heavy atom. The lowest BCUT2D eigenvalue weighted by Crippen LogP contribution is -2.45. The van der Waals surface area contributed by atoms with E-state index in [1.165, 1.54) is 6.07 Å². The highest BCUT2D eigenvalue weighted by atomic mass is 35.5. The zero-order valence-corrected chi connectivity index (χ0v) is 13.1. The van der Waals surface area contributed by atoms with Crippen molar-refractivity contribution in [1.29, 1.82) is 0 Å². The first-order chi connectivity index (χ1) is 10.1. The molecule has 3 rings (SSSR count). The Morgan fingerprint density at radius 1 is 1.32 bits per heavy atom. The van der Waals surface area contributed by atoms with E-state index in [1.54, 1.807) is 23.1 Å². The number of carbonyl (C=O) groups excluding carboxylic acids is 1. The zero-order chi connectivity index (χ0) is 14.9. The van der Waals surface area contributed by atoms with E-state index in [9.17, 15) is 14.9 Å². The van der Waals surface area contributed by atoms with Gasteiger partial charge in [0.05, 0.1) is 16.9 Å². The molecule has 1 aromatic carbocycles. The number of hydrogen-bond acceptors (Lipinski definition) is 4. The van der Waals surface area contributed by atoms with Crippen LogP contribution < -0.4 is 5.32 Å². The Labute approximate surface area is 135 Å². The number of para-hydroxylation sites is 1. The Morgan fingerprint density at radius 2 is 2.09 bits per heavy atom. The van der Waals surface area contributed by atoms with Gasteiger partial charge in [-0.15, -0.1) is 12.4 Å². The quantitative estimate of drug-likeness (QED) is 0.682. The minimum Gasteiger partial charge on any atom is -0.338 e. The highest BCUT2D eigenvalue weighted by molar-refractivity contribution is 5.85. The van der Waals surface area contributed by atoms with Crippen molar-refractivity contribution >= 4 is 24.0 Å². The fourth-order valence-electron chi connectivity index (χ4n) is 3.44. The second-order valence-corrected chi connectivity index (χ2v) is 5.92. The molecule has 1 N–H and O–H groups in total. The average Bonchev–Trinajstić information content (AvgIpc) is 2.78. The number of hydrogen-bond donors (Lipinski definition) is 1. The lowest BCUT2D eigenvalue weighted by Gasteiger charge is -2.32. The summed E-state index contributed by atoms with van der Waals surface area (Å²) in [5.74, 6) is 0.146. The van der Waals surface area contributed by atoms with E-state index in [0.29, 0.717) is 18.7 Å². The van der Waals surface area contributed by atoms with Crippen LogP contribution in [-0.4, -0.2) is 35.4 Å². The number of nitro groups is 1. The largest absolute Gasteiger partial charge is 0.338 e. The number of likely N-dealkylation sites (tertiary alicyclic amines) is 1. The molecule has 2 heterocycles. The van der Waals surface area contributed by atoms with Crippen molar-refractivity contribution < 1.29 is 9.72 Å². The molecule has 0 saturated carbocycles. The van der Waals surface area contributed by atoms with Gasteiger partial charge in [-0.1, -0.05) is 18.2 Å². The van der Waals surface area contributed by atoms with Crippen LogP contribution in [0.15, 0.2) is 24.3 Å². The summed E-state index contributed by atoms with van der Waals surface area (Å²) in [5, 5.41) is 14.4. The van der Waals surface area contributed by atoms with Gasteiger partial charge in [0, 0.05) is 24.7 Å². The first-order valence-corrected chi connectivity index (χ1v) is 7.35. The second kappa shape index (κ2) is 6.62. The van der Waals surface area contributed by atoms with Crippen molar-refractivity contribution in [2.24, 2.45) is 5.41 Å². The van der Waals surface area contributed by atoms with Crippen LogP contribution in [0, 0.1) is 15.5 Å². The molecule has 0 aliphatic carbocycles. The van der Waals surface area contributed by atoms with Crippen molar-refractivity contribution in [3.8, 4) is 0 Å². The molecule has 0 aromatic heterocycles. The number of carbonyl (C=O) groups is 1. The van der Waals surface area contributed by atoms with Crippen LogP contribution in [0.25, 0.3) is 0 Å². The first kappa shape index (κ1) is 16.7. The fourth-order valence-corrected chi connectivity index (χ4v) is 3.44. The summed E-state index contributed by atoms with van der Waals surface area (Å²) in [6, 6.07) is 6.66. The molecule has 1 unspecified atom stereocenters. The van der Waals surface area contributed by atoms with Crippen LogP contribution in [-0.2, 0) is 11.3 Å². The van der Waals surface area contributed by atoms with Crippen LogP contribution in [0.3, 0.4) is 0 Å². The van der Waals surface area contributed by atoms with Crippen LogP contribution >= 0.6 is 12.4 Å². The molecule has 1 spiro atoms. The molecule has 120 valence electrons. The minimum absolute atomic E-state index is 0. The fraction of sp³-hybridized carbons (Fsp3) is 0.533. The Balaban J connectivity index is 0.00000176. The maximum absolute atomic E-state index is 12.7. The van der Waals surface area contributed by atoms with Gasteiger partial charge in [-0.05, 0) is 25.8 Å². The maximum Gasteiger partial charge on any atom is 0.274 e. The van der Waals surface area contributed by atoms with Gasteiger partial charge in [0.25, 0.3) is 5.69 Å². The summed E-state index contributed by atoms with van der Waals surface area (Å²) in [7, 11) is 0. The number of rotatable bonds is 3.